The van der Waals surface area contributed by atoms with Gasteiger partial charge in [0.25, 0.3) is 5.56 Å². The molecule has 0 bridgehead atoms. The van der Waals surface area contributed by atoms with Crippen molar-refractivity contribution in [1.82, 2.24) is 19.1 Å². The second-order valence-corrected chi connectivity index (χ2v) is 7.61. The number of aryl methyl sites for hydroxylation is 1. The van der Waals surface area contributed by atoms with Crippen molar-refractivity contribution in [3.63, 3.8) is 0 Å². The van der Waals surface area contributed by atoms with Crippen molar-refractivity contribution in [2.24, 2.45) is 12.1 Å². The van der Waals surface area contributed by atoms with Crippen molar-refractivity contribution in [3.8, 4) is 17.2 Å². The number of nitrogens with zero attached hydrogens (tertiary/aromatic N) is 4. The lowest BCUT2D eigenvalue weighted by molar-refractivity contribution is 0.0938. The van der Waals surface area contributed by atoms with Gasteiger partial charge in [0.1, 0.15) is 30.0 Å². The van der Waals surface area contributed by atoms with Gasteiger partial charge in [-0.2, -0.15) is 10.1 Å². The zero-order valence-electron chi connectivity index (χ0n) is 19.0. The third-order valence-electron chi connectivity index (χ3n) is 5.21. The number of fused-ring (bicyclic) bond motifs is 1. The molecule has 4 aromatic rings. The van der Waals surface area contributed by atoms with E-state index in [9.17, 15) is 19.8 Å². The highest BCUT2D eigenvalue weighted by Gasteiger charge is 2.20. The minimum Gasteiger partial charge on any atom is -0.507 e. The number of aliphatic hydroxyl groups excluding tert-OH is 1. The number of hydrogen-bond donors (Lipinski definition) is 4. The molecule has 182 valence electrons. The fourth-order valence-electron chi connectivity index (χ4n) is 3.38. The van der Waals surface area contributed by atoms with Crippen LogP contribution in [-0.4, -0.2) is 55.4 Å². The lowest BCUT2D eigenvalue weighted by Crippen LogP contribution is -2.30. The van der Waals surface area contributed by atoms with Gasteiger partial charge in [-0.3, -0.25) is 14.3 Å². The Labute approximate surface area is 198 Å². The Balaban J connectivity index is 1.60. The van der Waals surface area contributed by atoms with Gasteiger partial charge < -0.3 is 24.3 Å². The van der Waals surface area contributed by atoms with Crippen LogP contribution < -0.4 is 26.1 Å². The standard InChI is InChI=1S/C23H24N6O6/c1-28-20-19(21(32)26-23(28)33)29(12-15(30)13-35-17-9-7-16(34-2)8-10-17)22(25-20)27-24-11-14-5-3-4-6-18(14)31/h3-11,15,30-31H,12-13H2,1-2H3,(H,25,27)(H,26,32,33)/b24-11-/t15-/m1/s1. The molecular formula is C23H24N6O6. The number of H-pyrrole nitrogens is 1. The molecule has 2 aromatic heterocycles. The number of benzene rings is 2. The van der Waals surface area contributed by atoms with Crippen LogP contribution >= 0.6 is 0 Å². The van der Waals surface area contributed by atoms with Gasteiger partial charge in [0, 0.05) is 12.6 Å². The number of rotatable bonds is 9. The van der Waals surface area contributed by atoms with Crippen molar-refractivity contribution >= 4 is 23.3 Å². The third kappa shape index (κ3) is 5.17. The average Bonchev–Trinajstić information content (AvgIpc) is 3.21. The van der Waals surface area contributed by atoms with Crippen LogP contribution in [0.2, 0.25) is 0 Å². The second kappa shape index (κ2) is 10.1. The molecule has 12 heteroatoms. The minimum absolute atomic E-state index is 0.0384. The number of phenols is 1. The molecule has 0 amide bonds. The first-order chi connectivity index (χ1) is 16.9. The lowest BCUT2D eigenvalue weighted by atomic mass is 10.2. The fourth-order valence-corrected chi connectivity index (χ4v) is 3.38. The van der Waals surface area contributed by atoms with E-state index in [1.807, 2.05) is 0 Å². The van der Waals surface area contributed by atoms with Crippen LogP contribution in [0.5, 0.6) is 17.2 Å². The Morgan fingerprint density at radius 1 is 1.17 bits per heavy atom. The van der Waals surface area contributed by atoms with E-state index in [0.717, 1.165) is 0 Å². The topological polar surface area (TPSA) is 156 Å². The molecule has 4 N–H and O–H groups in total. The Morgan fingerprint density at radius 3 is 2.60 bits per heavy atom. The van der Waals surface area contributed by atoms with E-state index in [0.29, 0.717) is 17.1 Å². The summed E-state index contributed by atoms with van der Waals surface area (Å²) in [5, 5.41) is 24.6. The van der Waals surface area contributed by atoms with E-state index in [1.165, 1.54) is 28.5 Å². The summed E-state index contributed by atoms with van der Waals surface area (Å²) in [7, 11) is 3.03. The number of nitrogens with one attached hydrogen (secondary N) is 2. The van der Waals surface area contributed by atoms with Crippen LogP contribution in [-0.2, 0) is 13.6 Å². The molecule has 1 atom stereocenters. The molecule has 0 aliphatic heterocycles. The third-order valence-corrected chi connectivity index (χ3v) is 5.21. The van der Waals surface area contributed by atoms with E-state index in [1.54, 1.807) is 49.6 Å². The van der Waals surface area contributed by atoms with Gasteiger partial charge >= 0.3 is 5.69 Å². The van der Waals surface area contributed by atoms with Gasteiger partial charge in [0.05, 0.1) is 19.9 Å². The van der Waals surface area contributed by atoms with Gasteiger partial charge in [-0.1, -0.05) is 12.1 Å². The number of para-hydroxylation sites is 1. The van der Waals surface area contributed by atoms with E-state index in [-0.39, 0.29) is 36.0 Å². The molecule has 0 spiro atoms. The first-order valence-electron chi connectivity index (χ1n) is 10.6. The molecule has 0 aliphatic carbocycles. The fraction of sp³-hybridized carbons (Fsp3) is 0.217. The van der Waals surface area contributed by atoms with Crippen molar-refractivity contribution in [2.45, 2.75) is 12.6 Å². The van der Waals surface area contributed by atoms with Crippen molar-refractivity contribution < 1.29 is 19.7 Å². The smallest absolute Gasteiger partial charge is 0.329 e. The monoisotopic (exact) mass is 480 g/mol. The summed E-state index contributed by atoms with van der Waals surface area (Å²) in [6.45, 7) is -0.154. The molecule has 0 saturated carbocycles. The van der Waals surface area contributed by atoms with Crippen LogP contribution in [0, 0.1) is 0 Å². The predicted octanol–water partition coefficient (Wildman–Crippen LogP) is 1.02. The van der Waals surface area contributed by atoms with Gasteiger partial charge in [-0.15, -0.1) is 0 Å². The average molecular weight is 480 g/mol. The number of imidazole rings is 1. The molecule has 0 radical (unpaired) electrons. The van der Waals surface area contributed by atoms with Crippen LogP contribution in [0.4, 0.5) is 5.95 Å². The SMILES string of the molecule is COc1ccc(OC[C@H](O)Cn2c(N/N=C\c3ccccc3O)nc3c2c(=O)[nH]c(=O)n3C)cc1. The number of hydrazone groups is 1. The zero-order valence-corrected chi connectivity index (χ0v) is 19.0. The summed E-state index contributed by atoms with van der Waals surface area (Å²) in [6, 6.07) is 13.5. The zero-order chi connectivity index (χ0) is 24.9. The second-order valence-electron chi connectivity index (χ2n) is 7.61. The van der Waals surface area contributed by atoms with E-state index in [4.69, 9.17) is 9.47 Å². The first-order valence-corrected chi connectivity index (χ1v) is 10.6. The Bertz CT molecular complexity index is 1470. The summed E-state index contributed by atoms with van der Waals surface area (Å²) in [6.07, 6.45) is 0.347. The summed E-state index contributed by atoms with van der Waals surface area (Å²) in [5.74, 6) is 1.36. The molecular weight excluding hydrogens is 456 g/mol. The molecule has 12 nitrogen and oxygen atoms in total. The highest BCUT2D eigenvalue weighted by Crippen LogP contribution is 2.19. The normalized spacial score (nSPS) is 12.2. The number of anilines is 1. The molecule has 2 aromatic carbocycles. The van der Waals surface area contributed by atoms with E-state index in [2.05, 4.69) is 20.5 Å². The van der Waals surface area contributed by atoms with Crippen molar-refractivity contribution in [1.29, 1.82) is 0 Å². The van der Waals surface area contributed by atoms with Crippen molar-refractivity contribution in [3.05, 3.63) is 74.9 Å². The first kappa shape index (κ1) is 23.6. The summed E-state index contributed by atoms with van der Waals surface area (Å²) in [5.41, 5.74) is 2.09. The Morgan fingerprint density at radius 2 is 1.89 bits per heavy atom. The van der Waals surface area contributed by atoms with E-state index >= 15 is 0 Å². The quantitative estimate of drug-likeness (QED) is 0.204. The number of aromatic nitrogens is 4. The number of hydrogen-bond acceptors (Lipinski definition) is 9. The molecule has 0 unspecified atom stereocenters. The molecule has 2 heterocycles. The van der Waals surface area contributed by atoms with Gasteiger partial charge in [0.15, 0.2) is 11.2 Å². The Hall–Kier alpha value is -4.58. The maximum atomic E-state index is 12.6. The number of aliphatic hydroxyl groups is 1. The van der Waals surface area contributed by atoms with Crippen LogP contribution in [0.3, 0.4) is 0 Å². The van der Waals surface area contributed by atoms with Gasteiger partial charge in [-0.25, -0.2) is 10.2 Å². The molecule has 35 heavy (non-hydrogen) atoms. The maximum absolute atomic E-state index is 12.6. The lowest BCUT2D eigenvalue weighted by Gasteiger charge is -2.15. The largest absolute Gasteiger partial charge is 0.507 e. The predicted molar refractivity (Wildman–Crippen MR) is 129 cm³/mol. The number of ether oxygens (including phenoxy) is 2. The number of methoxy groups -OCH3 is 1. The van der Waals surface area contributed by atoms with Crippen LogP contribution in [0.15, 0.2) is 63.2 Å². The number of aromatic hydroxyl groups is 1. The highest BCUT2D eigenvalue weighted by atomic mass is 16.5. The van der Waals surface area contributed by atoms with Crippen LogP contribution in [0.25, 0.3) is 11.2 Å². The van der Waals surface area contributed by atoms with E-state index < -0.39 is 17.4 Å². The maximum Gasteiger partial charge on any atom is 0.329 e. The summed E-state index contributed by atoms with van der Waals surface area (Å²) < 4.78 is 13.3. The molecule has 0 fully saturated rings. The van der Waals surface area contributed by atoms with Crippen LogP contribution in [0.1, 0.15) is 5.56 Å². The van der Waals surface area contributed by atoms with Gasteiger partial charge in [0.2, 0.25) is 5.95 Å². The summed E-state index contributed by atoms with van der Waals surface area (Å²) >= 11 is 0. The Kier molecular flexibility index (Phi) is 6.83. The molecule has 0 aliphatic rings. The highest BCUT2D eigenvalue weighted by molar-refractivity contribution is 5.83. The molecule has 0 saturated heterocycles. The molecule has 4 rings (SSSR count). The summed E-state index contributed by atoms with van der Waals surface area (Å²) in [4.78, 5) is 31.2. The number of aromatic amines is 1. The van der Waals surface area contributed by atoms with Gasteiger partial charge in [-0.05, 0) is 36.4 Å². The number of phenolic OH excluding ortho intramolecular Hbond substituents is 1. The van der Waals surface area contributed by atoms with Crippen molar-refractivity contribution in [2.75, 3.05) is 19.1 Å². The minimum atomic E-state index is -1.03.